The van der Waals surface area contributed by atoms with Gasteiger partial charge in [-0.05, 0) is 82.7 Å². The monoisotopic (exact) mass is 562 g/mol. The van der Waals surface area contributed by atoms with Crippen LogP contribution in [0.5, 0.6) is 5.75 Å². The summed E-state index contributed by atoms with van der Waals surface area (Å²) in [4.78, 5) is 26.9. The molecule has 0 aliphatic heterocycles. The van der Waals surface area contributed by atoms with Crippen LogP contribution >= 0.6 is 34.7 Å². The molecule has 8 nitrogen and oxygen atoms in total. The van der Waals surface area contributed by atoms with E-state index >= 15 is 0 Å². The lowest BCUT2D eigenvalue weighted by molar-refractivity contribution is -0.113. The summed E-state index contributed by atoms with van der Waals surface area (Å²) in [5, 5.41) is 13.3. The Morgan fingerprint density at radius 1 is 1.22 bits per heavy atom. The van der Waals surface area contributed by atoms with E-state index in [4.69, 9.17) is 21.1 Å². The molecule has 1 aliphatic rings. The number of anilines is 1. The van der Waals surface area contributed by atoms with E-state index in [9.17, 15) is 9.59 Å². The summed E-state index contributed by atoms with van der Waals surface area (Å²) in [5.74, 6) is 0.864. The van der Waals surface area contributed by atoms with Gasteiger partial charge in [0.15, 0.2) is 17.1 Å². The van der Waals surface area contributed by atoms with E-state index in [2.05, 4.69) is 15.5 Å². The quantitative estimate of drug-likeness (QED) is 0.247. The molecular weight excluding hydrogens is 532 g/mol. The van der Waals surface area contributed by atoms with Crippen LogP contribution in [-0.2, 0) is 29.4 Å². The molecule has 1 atom stereocenters. The number of halogens is 1. The summed E-state index contributed by atoms with van der Waals surface area (Å²) in [6, 6.07) is 5.49. The first-order valence-electron chi connectivity index (χ1n) is 12.2. The third kappa shape index (κ3) is 6.48. The van der Waals surface area contributed by atoms with Crippen molar-refractivity contribution in [3.8, 4) is 5.75 Å². The molecule has 1 aromatic carbocycles. The number of aromatic nitrogens is 3. The molecule has 0 saturated heterocycles. The Hall–Kier alpha value is -2.56. The fourth-order valence-corrected chi connectivity index (χ4v) is 6.32. The lowest BCUT2D eigenvalue weighted by atomic mass is 9.95. The average molecular weight is 563 g/mol. The summed E-state index contributed by atoms with van der Waals surface area (Å²) in [6.45, 7) is 7.46. The molecule has 4 rings (SSSR count). The largest absolute Gasteiger partial charge is 0.483 e. The van der Waals surface area contributed by atoms with Crippen LogP contribution in [0.2, 0.25) is 5.02 Å². The highest BCUT2D eigenvalue weighted by Gasteiger charge is 2.28. The number of benzene rings is 1. The maximum atomic E-state index is 12.9. The number of carbonyl (C=O) groups is 2. The number of nitrogens with zero attached hydrogens (tertiary/aromatic N) is 3. The number of fused-ring (bicyclic) bond motifs is 1. The maximum Gasteiger partial charge on any atom is 0.341 e. The van der Waals surface area contributed by atoms with Crippen molar-refractivity contribution >= 4 is 51.6 Å². The third-order valence-corrected chi connectivity index (χ3v) is 8.63. The number of esters is 1. The minimum atomic E-state index is -0.375. The van der Waals surface area contributed by atoms with E-state index in [1.165, 1.54) is 23.1 Å². The van der Waals surface area contributed by atoms with Crippen LogP contribution < -0.4 is 10.1 Å². The molecular formula is C26H31ClN4O4S2. The summed E-state index contributed by atoms with van der Waals surface area (Å²) < 4.78 is 13.3. The van der Waals surface area contributed by atoms with E-state index in [1.807, 2.05) is 51.4 Å². The molecule has 198 valence electrons. The van der Waals surface area contributed by atoms with Crippen LogP contribution in [-0.4, -0.2) is 38.5 Å². The molecule has 0 bridgehead atoms. The summed E-state index contributed by atoms with van der Waals surface area (Å²) in [6.07, 6.45) is 3.28. The smallest absolute Gasteiger partial charge is 0.341 e. The number of rotatable bonds is 9. The molecule has 1 N–H and O–H groups in total. The second-order valence-electron chi connectivity index (χ2n) is 9.28. The van der Waals surface area contributed by atoms with Gasteiger partial charge in [-0.25, -0.2) is 4.79 Å². The third-order valence-electron chi connectivity index (χ3n) is 5.98. The minimum Gasteiger partial charge on any atom is -0.483 e. The predicted octanol–water partition coefficient (Wildman–Crippen LogP) is 6.15. The second-order valence-corrected chi connectivity index (χ2v) is 11.7. The van der Waals surface area contributed by atoms with Crippen LogP contribution in [0.3, 0.4) is 0 Å². The Morgan fingerprint density at radius 3 is 2.70 bits per heavy atom. The van der Waals surface area contributed by atoms with E-state index in [0.717, 1.165) is 41.7 Å². The van der Waals surface area contributed by atoms with Gasteiger partial charge in [-0.1, -0.05) is 23.4 Å². The highest BCUT2D eigenvalue weighted by atomic mass is 35.5. The Bertz CT molecular complexity index is 1300. The second kappa shape index (κ2) is 11.9. The highest BCUT2D eigenvalue weighted by Crippen LogP contribution is 2.39. The summed E-state index contributed by atoms with van der Waals surface area (Å²) in [5.41, 5.74) is 2.46. The van der Waals surface area contributed by atoms with Crippen LogP contribution in [0.1, 0.15) is 71.9 Å². The summed E-state index contributed by atoms with van der Waals surface area (Å²) in [7, 11) is 1.84. The van der Waals surface area contributed by atoms with Gasteiger partial charge in [0.2, 0.25) is 5.91 Å². The van der Waals surface area contributed by atoms with Gasteiger partial charge in [0.05, 0.1) is 17.4 Å². The van der Waals surface area contributed by atoms with E-state index < -0.39 is 0 Å². The van der Waals surface area contributed by atoms with Crippen molar-refractivity contribution in [1.29, 1.82) is 0 Å². The number of hydrogen-bond acceptors (Lipinski definition) is 8. The molecule has 11 heteroatoms. The zero-order chi connectivity index (χ0) is 26.7. The van der Waals surface area contributed by atoms with Gasteiger partial charge in [0.25, 0.3) is 0 Å². The maximum absolute atomic E-state index is 12.9. The number of ether oxygens (including phenoxy) is 2. The van der Waals surface area contributed by atoms with Gasteiger partial charge < -0.3 is 19.4 Å². The molecule has 1 unspecified atom stereocenters. The number of nitrogens with one attached hydrogen (secondary N) is 1. The molecule has 1 aliphatic carbocycles. The predicted molar refractivity (Wildman–Crippen MR) is 147 cm³/mol. The minimum absolute atomic E-state index is 0.124. The van der Waals surface area contributed by atoms with Gasteiger partial charge in [-0.2, -0.15) is 0 Å². The van der Waals surface area contributed by atoms with Crippen LogP contribution in [0.25, 0.3) is 0 Å². The molecule has 0 saturated carbocycles. The van der Waals surface area contributed by atoms with E-state index in [0.29, 0.717) is 32.3 Å². The number of aryl methyl sites for hydroxylation is 2. The fraction of sp³-hybridized carbons (Fsp3) is 0.462. The zero-order valence-corrected chi connectivity index (χ0v) is 24.0. The van der Waals surface area contributed by atoms with Crippen LogP contribution in [0.4, 0.5) is 5.00 Å². The summed E-state index contributed by atoms with van der Waals surface area (Å²) >= 11 is 8.86. The Morgan fingerprint density at radius 2 is 1.97 bits per heavy atom. The Labute approximate surface area is 230 Å². The molecule has 0 fully saturated rings. The van der Waals surface area contributed by atoms with Gasteiger partial charge in [0, 0.05) is 16.9 Å². The topological polar surface area (TPSA) is 95.3 Å². The van der Waals surface area contributed by atoms with E-state index in [1.54, 1.807) is 6.07 Å². The number of thioether (sulfide) groups is 1. The lowest BCUT2D eigenvalue weighted by Gasteiger charge is -2.15. The number of hydrogen-bond donors (Lipinski definition) is 1. The van der Waals surface area contributed by atoms with Crippen LogP contribution in [0.15, 0.2) is 23.4 Å². The normalized spacial score (nSPS) is 13.8. The molecule has 2 aromatic heterocycles. The van der Waals surface area contributed by atoms with Crippen molar-refractivity contribution < 1.29 is 19.1 Å². The first kappa shape index (κ1) is 27.5. The van der Waals surface area contributed by atoms with Crippen LogP contribution in [0, 0.1) is 6.92 Å². The first-order valence-corrected chi connectivity index (χ1v) is 14.4. The van der Waals surface area contributed by atoms with Crippen molar-refractivity contribution in [3.05, 3.63) is 50.6 Å². The van der Waals surface area contributed by atoms with Crippen molar-refractivity contribution in [3.63, 3.8) is 0 Å². The molecule has 37 heavy (non-hydrogen) atoms. The SMILES string of the molecule is Cc1cc(OC(C)c2nnc(SCC(=O)Nc3sc4c(c3C(=O)OC(C)C)CCCC4)n2C)ccc1Cl. The van der Waals surface area contributed by atoms with E-state index in [-0.39, 0.29) is 29.8 Å². The first-order chi connectivity index (χ1) is 17.6. The molecule has 0 radical (unpaired) electrons. The van der Waals surface area contributed by atoms with Gasteiger partial charge in [-0.15, -0.1) is 21.5 Å². The van der Waals surface area contributed by atoms with Gasteiger partial charge in [0.1, 0.15) is 10.8 Å². The van der Waals surface area contributed by atoms with Crippen molar-refractivity contribution in [2.24, 2.45) is 7.05 Å². The fourth-order valence-electron chi connectivity index (χ4n) is 4.19. The molecule has 3 aromatic rings. The number of thiophene rings is 1. The van der Waals surface area contributed by atoms with Crippen molar-refractivity contribution in [2.45, 2.75) is 70.7 Å². The standard InChI is InChI=1S/C26H31ClN4O4S2/c1-14(2)34-25(33)22-18-8-6-7-9-20(18)37-24(22)28-21(32)13-36-26-30-29-23(31(26)5)16(4)35-17-10-11-19(27)15(3)12-17/h10-12,14,16H,6-9,13H2,1-5H3,(H,28,32). The number of carbonyl (C=O) groups excluding carboxylic acids is 2. The Kier molecular flexibility index (Phi) is 8.82. The molecule has 2 heterocycles. The highest BCUT2D eigenvalue weighted by molar-refractivity contribution is 7.99. The van der Waals surface area contributed by atoms with Crippen molar-refractivity contribution in [1.82, 2.24) is 14.8 Å². The Balaban J connectivity index is 1.41. The lowest BCUT2D eigenvalue weighted by Crippen LogP contribution is -2.19. The van der Waals surface area contributed by atoms with Crippen molar-refractivity contribution in [2.75, 3.05) is 11.1 Å². The zero-order valence-electron chi connectivity index (χ0n) is 21.6. The average Bonchev–Trinajstić information content (AvgIpc) is 3.39. The molecule has 0 spiro atoms. The van der Waals surface area contributed by atoms with Gasteiger partial charge >= 0.3 is 5.97 Å². The molecule has 1 amide bonds. The number of amides is 1. The van der Waals surface area contributed by atoms with Gasteiger partial charge in [-0.3, -0.25) is 4.79 Å².